The van der Waals surface area contributed by atoms with Gasteiger partial charge in [0, 0.05) is 13.6 Å². The summed E-state index contributed by atoms with van der Waals surface area (Å²) >= 11 is 6.04. The normalized spacial score (nSPS) is 12.3. The second kappa shape index (κ2) is 8.18. The fraction of sp³-hybridized carbons (Fsp3) is 0.562. The standard InChI is InChI=1S/C16H25ClN2O4S/c1-6-23-14-8-7-12(9-13(14)17)24(21,22)19(5)10-15(20)18-11-16(2,3)4/h7-9H,6,10-11H2,1-5H3,(H,18,20). The van der Waals surface area contributed by atoms with E-state index in [1.807, 2.05) is 27.7 Å². The SMILES string of the molecule is CCOc1ccc(S(=O)(=O)N(C)CC(=O)NCC(C)(C)C)cc1Cl. The first kappa shape index (κ1) is 20.7. The Morgan fingerprint density at radius 1 is 1.33 bits per heavy atom. The van der Waals surface area contributed by atoms with Gasteiger partial charge in [-0.3, -0.25) is 4.79 Å². The summed E-state index contributed by atoms with van der Waals surface area (Å²) in [5, 5.41) is 2.93. The number of carbonyl (C=O) groups is 1. The Hall–Kier alpha value is -1.31. The van der Waals surface area contributed by atoms with Crippen molar-refractivity contribution in [2.75, 3.05) is 26.7 Å². The summed E-state index contributed by atoms with van der Waals surface area (Å²) < 4.78 is 31.4. The van der Waals surface area contributed by atoms with Crippen LogP contribution in [0.25, 0.3) is 0 Å². The number of ether oxygens (including phenoxy) is 1. The molecule has 0 saturated heterocycles. The van der Waals surface area contributed by atoms with Crippen molar-refractivity contribution in [1.82, 2.24) is 9.62 Å². The van der Waals surface area contributed by atoms with E-state index in [1.54, 1.807) is 0 Å². The number of nitrogens with zero attached hydrogens (tertiary/aromatic N) is 1. The molecule has 24 heavy (non-hydrogen) atoms. The zero-order valence-electron chi connectivity index (χ0n) is 14.7. The minimum atomic E-state index is -3.81. The van der Waals surface area contributed by atoms with E-state index in [4.69, 9.17) is 16.3 Å². The fourth-order valence-corrected chi connectivity index (χ4v) is 3.26. The molecule has 1 amide bonds. The number of hydrogen-bond donors (Lipinski definition) is 1. The highest BCUT2D eigenvalue weighted by Crippen LogP contribution is 2.28. The van der Waals surface area contributed by atoms with Gasteiger partial charge >= 0.3 is 0 Å². The third kappa shape index (κ3) is 5.96. The van der Waals surface area contributed by atoms with Crippen molar-refractivity contribution >= 4 is 27.5 Å². The Balaban J connectivity index is 2.84. The van der Waals surface area contributed by atoms with Gasteiger partial charge in [0.05, 0.1) is 23.1 Å². The maximum Gasteiger partial charge on any atom is 0.243 e. The minimum Gasteiger partial charge on any atom is -0.492 e. The van der Waals surface area contributed by atoms with Crippen molar-refractivity contribution in [3.05, 3.63) is 23.2 Å². The molecular formula is C16H25ClN2O4S. The van der Waals surface area contributed by atoms with E-state index in [9.17, 15) is 13.2 Å². The monoisotopic (exact) mass is 376 g/mol. The van der Waals surface area contributed by atoms with Crippen LogP contribution in [0.3, 0.4) is 0 Å². The average molecular weight is 377 g/mol. The minimum absolute atomic E-state index is 0.0158. The van der Waals surface area contributed by atoms with E-state index in [0.717, 1.165) is 4.31 Å². The van der Waals surface area contributed by atoms with Gasteiger partial charge in [-0.2, -0.15) is 4.31 Å². The number of halogens is 1. The smallest absolute Gasteiger partial charge is 0.243 e. The van der Waals surface area contributed by atoms with Crippen molar-refractivity contribution in [2.45, 2.75) is 32.6 Å². The second-order valence-electron chi connectivity index (χ2n) is 6.62. The lowest BCUT2D eigenvalue weighted by atomic mass is 9.97. The molecule has 0 fully saturated rings. The molecule has 0 bridgehead atoms. The maximum absolute atomic E-state index is 12.5. The lowest BCUT2D eigenvalue weighted by Gasteiger charge is -2.21. The van der Waals surface area contributed by atoms with Crippen LogP contribution in [0.4, 0.5) is 0 Å². The molecule has 1 rings (SSSR count). The van der Waals surface area contributed by atoms with Crippen molar-refractivity contribution in [3.63, 3.8) is 0 Å². The fourth-order valence-electron chi connectivity index (χ4n) is 1.80. The topological polar surface area (TPSA) is 75.7 Å². The van der Waals surface area contributed by atoms with E-state index < -0.39 is 10.0 Å². The quantitative estimate of drug-likeness (QED) is 0.793. The first-order chi connectivity index (χ1) is 11.0. The molecule has 0 unspecified atom stereocenters. The van der Waals surface area contributed by atoms with Gasteiger partial charge in [0.15, 0.2) is 0 Å². The van der Waals surface area contributed by atoms with E-state index in [0.29, 0.717) is 18.9 Å². The Morgan fingerprint density at radius 2 is 1.96 bits per heavy atom. The molecule has 1 aromatic carbocycles. The molecule has 0 spiro atoms. The summed E-state index contributed by atoms with van der Waals surface area (Å²) in [7, 11) is -2.45. The largest absolute Gasteiger partial charge is 0.492 e. The lowest BCUT2D eigenvalue weighted by molar-refractivity contribution is -0.121. The summed E-state index contributed by atoms with van der Waals surface area (Å²) in [6.45, 7) is 8.39. The van der Waals surface area contributed by atoms with Gasteiger partial charge in [0.1, 0.15) is 5.75 Å². The molecule has 0 aliphatic rings. The molecule has 0 aliphatic carbocycles. The first-order valence-electron chi connectivity index (χ1n) is 7.63. The van der Waals surface area contributed by atoms with Crippen LogP contribution in [0.15, 0.2) is 23.1 Å². The molecule has 8 heteroatoms. The van der Waals surface area contributed by atoms with Crippen LogP contribution in [0, 0.1) is 5.41 Å². The van der Waals surface area contributed by atoms with Gasteiger partial charge in [-0.25, -0.2) is 8.42 Å². The molecule has 0 saturated carbocycles. The summed E-state index contributed by atoms with van der Waals surface area (Å²) in [5.74, 6) is 0.0664. The number of rotatable bonds is 7. The van der Waals surface area contributed by atoms with E-state index in [1.165, 1.54) is 25.2 Å². The van der Waals surface area contributed by atoms with Gasteiger partial charge in [-0.15, -0.1) is 0 Å². The highest BCUT2D eigenvalue weighted by molar-refractivity contribution is 7.89. The summed E-state index contributed by atoms with van der Waals surface area (Å²) in [4.78, 5) is 11.9. The summed E-state index contributed by atoms with van der Waals surface area (Å²) in [5.41, 5.74) is -0.0737. The number of carbonyl (C=O) groups excluding carboxylic acids is 1. The van der Waals surface area contributed by atoms with Crippen LogP contribution in [-0.4, -0.2) is 45.4 Å². The number of sulfonamides is 1. The number of benzene rings is 1. The van der Waals surface area contributed by atoms with E-state index in [-0.39, 0.29) is 27.8 Å². The molecule has 1 N–H and O–H groups in total. The zero-order chi connectivity index (χ0) is 18.5. The van der Waals surface area contributed by atoms with Gasteiger partial charge in [-0.05, 0) is 30.5 Å². The van der Waals surface area contributed by atoms with Crippen molar-refractivity contribution in [3.8, 4) is 5.75 Å². The highest BCUT2D eigenvalue weighted by Gasteiger charge is 2.24. The molecular weight excluding hydrogens is 352 g/mol. The molecule has 0 aliphatic heterocycles. The van der Waals surface area contributed by atoms with Gasteiger partial charge in [0.25, 0.3) is 0 Å². The molecule has 0 heterocycles. The van der Waals surface area contributed by atoms with Crippen LogP contribution >= 0.6 is 11.6 Å². The van der Waals surface area contributed by atoms with Gasteiger partial charge in [-0.1, -0.05) is 32.4 Å². The molecule has 0 atom stereocenters. The second-order valence-corrected chi connectivity index (χ2v) is 9.08. The predicted molar refractivity (Wildman–Crippen MR) is 94.9 cm³/mol. The maximum atomic E-state index is 12.5. The number of likely N-dealkylation sites (N-methyl/N-ethyl adjacent to an activating group) is 1. The number of amides is 1. The molecule has 0 radical (unpaired) electrons. The van der Waals surface area contributed by atoms with Crippen molar-refractivity contribution in [2.24, 2.45) is 5.41 Å². The van der Waals surface area contributed by atoms with Crippen LogP contribution in [0.5, 0.6) is 5.75 Å². The number of nitrogens with one attached hydrogen (secondary N) is 1. The van der Waals surface area contributed by atoms with Gasteiger partial charge in [0.2, 0.25) is 15.9 Å². The molecule has 1 aromatic rings. The van der Waals surface area contributed by atoms with Crippen LogP contribution in [0.2, 0.25) is 5.02 Å². The van der Waals surface area contributed by atoms with Crippen LogP contribution < -0.4 is 10.1 Å². The van der Waals surface area contributed by atoms with Crippen molar-refractivity contribution in [1.29, 1.82) is 0 Å². The average Bonchev–Trinajstić information content (AvgIpc) is 2.46. The predicted octanol–water partition coefficient (Wildman–Crippen LogP) is 2.52. The molecule has 136 valence electrons. The third-order valence-corrected chi connectivity index (χ3v) is 5.19. The first-order valence-corrected chi connectivity index (χ1v) is 9.44. The Morgan fingerprint density at radius 3 is 2.46 bits per heavy atom. The summed E-state index contributed by atoms with van der Waals surface area (Å²) in [6.07, 6.45) is 0. The Kier molecular flexibility index (Phi) is 7.07. The van der Waals surface area contributed by atoms with Crippen LogP contribution in [-0.2, 0) is 14.8 Å². The van der Waals surface area contributed by atoms with E-state index in [2.05, 4.69) is 5.32 Å². The van der Waals surface area contributed by atoms with E-state index >= 15 is 0 Å². The Bertz CT molecular complexity index is 684. The van der Waals surface area contributed by atoms with Gasteiger partial charge < -0.3 is 10.1 Å². The number of hydrogen-bond acceptors (Lipinski definition) is 4. The lowest BCUT2D eigenvalue weighted by Crippen LogP contribution is -2.41. The molecule has 6 nitrogen and oxygen atoms in total. The zero-order valence-corrected chi connectivity index (χ0v) is 16.3. The Labute approximate surface area is 149 Å². The van der Waals surface area contributed by atoms with Crippen LogP contribution in [0.1, 0.15) is 27.7 Å². The van der Waals surface area contributed by atoms with Crippen molar-refractivity contribution < 1.29 is 17.9 Å². The third-order valence-electron chi connectivity index (χ3n) is 3.09. The molecule has 0 aromatic heterocycles. The highest BCUT2D eigenvalue weighted by atomic mass is 35.5. The summed E-state index contributed by atoms with van der Waals surface area (Å²) in [6, 6.07) is 4.24.